The van der Waals surface area contributed by atoms with Crippen molar-refractivity contribution in [1.29, 1.82) is 0 Å². The van der Waals surface area contributed by atoms with Gasteiger partial charge < -0.3 is 4.57 Å². The first-order valence-electron chi connectivity index (χ1n) is 9.82. The molecule has 5 aromatic rings. The predicted molar refractivity (Wildman–Crippen MR) is 121 cm³/mol. The average molecular weight is 447 g/mol. The van der Waals surface area contributed by atoms with Gasteiger partial charge in [0.2, 0.25) is 0 Å². The van der Waals surface area contributed by atoms with Crippen LogP contribution in [0.1, 0.15) is 25.7 Å². The maximum Gasteiger partial charge on any atom is 0.279 e. The van der Waals surface area contributed by atoms with Gasteiger partial charge in [0.25, 0.3) is 11.8 Å². The van der Waals surface area contributed by atoms with E-state index in [0.29, 0.717) is 16.1 Å². The number of thiophene rings is 1. The van der Waals surface area contributed by atoms with Crippen LogP contribution in [0.4, 0.5) is 4.39 Å². The van der Waals surface area contributed by atoms with Crippen molar-refractivity contribution in [3.05, 3.63) is 82.7 Å². The average Bonchev–Trinajstić information content (AvgIpc) is 3.46. The van der Waals surface area contributed by atoms with Crippen LogP contribution in [-0.2, 0) is 7.05 Å². The van der Waals surface area contributed by atoms with Crippen LogP contribution in [0.5, 0.6) is 0 Å². The molecule has 32 heavy (non-hydrogen) atoms. The molecule has 0 radical (unpaired) electrons. The minimum atomic E-state index is -0.426. The lowest BCUT2D eigenvalue weighted by Gasteiger charge is -2.05. The molecule has 0 fully saturated rings. The van der Waals surface area contributed by atoms with E-state index in [9.17, 15) is 14.0 Å². The summed E-state index contributed by atoms with van der Waals surface area (Å²) in [5, 5.41) is 6.12. The van der Waals surface area contributed by atoms with Crippen LogP contribution in [0.25, 0.3) is 26.8 Å². The van der Waals surface area contributed by atoms with Gasteiger partial charge in [-0.1, -0.05) is 18.2 Å². The topological polar surface area (TPSA) is 81.0 Å². The lowest BCUT2D eigenvalue weighted by molar-refractivity contribution is 0.0850. The Kier molecular flexibility index (Phi) is 4.75. The molecular formula is C23H18FN5O2S. The molecule has 0 atom stereocenters. The number of hydrazine groups is 1. The second-order valence-electron chi connectivity index (χ2n) is 7.38. The molecule has 0 saturated carbocycles. The highest BCUT2D eigenvalue weighted by molar-refractivity contribution is 7.20. The third-order valence-corrected chi connectivity index (χ3v) is 6.38. The number of aryl methyl sites for hydroxylation is 2. The molecule has 0 aliphatic carbocycles. The van der Waals surface area contributed by atoms with Crippen molar-refractivity contribution in [3.63, 3.8) is 0 Å². The fourth-order valence-electron chi connectivity index (χ4n) is 3.68. The van der Waals surface area contributed by atoms with Crippen molar-refractivity contribution < 1.29 is 14.0 Å². The Hall–Kier alpha value is -3.98. The number of carbonyl (C=O) groups excluding carboxylic acids is 2. The molecule has 2 aromatic carbocycles. The van der Waals surface area contributed by atoms with Gasteiger partial charge in [0, 0.05) is 29.5 Å². The highest BCUT2D eigenvalue weighted by Crippen LogP contribution is 2.30. The first kappa shape index (κ1) is 20.0. The SMILES string of the molecule is Cc1nn(-c2ccc(F)cc2)c2sc(C(=O)NNC(=O)c3cn(C)c4ccccc34)cc12. The van der Waals surface area contributed by atoms with Crippen LogP contribution in [-0.4, -0.2) is 26.2 Å². The van der Waals surface area contributed by atoms with Crippen LogP contribution in [0.2, 0.25) is 0 Å². The summed E-state index contributed by atoms with van der Waals surface area (Å²) in [7, 11) is 1.86. The lowest BCUT2D eigenvalue weighted by Crippen LogP contribution is -2.41. The molecule has 160 valence electrons. The number of benzene rings is 2. The Balaban J connectivity index is 1.37. The summed E-state index contributed by atoms with van der Waals surface area (Å²) in [5.74, 6) is -1.16. The minimum Gasteiger partial charge on any atom is -0.350 e. The Morgan fingerprint density at radius 1 is 1.00 bits per heavy atom. The van der Waals surface area contributed by atoms with Crippen LogP contribution in [0, 0.1) is 12.7 Å². The third-order valence-electron chi connectivity index (χ3n) is 5.27. The molecule has 7 nitrogen and oxygen atoms in total. The second kappa shape index (κ2) is 7.61. The summed E-state index contributed by atoms with van der Waals surface area (Å²) in [6, 6.07) is 15.3. The zero-order chi connectivity index (χ0) is 22.4. The molecule has 2 N–H and O–H groups in total. The molecule has 0 unspecified atom stereocenters. The van der Waals surface area contributed by atoms with Crippen molar-refractivity contribution in [2.75, 3.05) is 0 Å². The molecule has 3 heterocycles. The summed E-state index contributed by atoms with van der Waals surface area (Å²) in [4.78, 5) is 26.6. The van der Waals surface area contributed by atoms with Gasteiger partial charge in [-0.3, -0.25) is 20.4 Å². The molecule has 0 spiro atoms. The molecule has 5 rings (SSSR count). The zero-order valence-electron chi connectivity index (χ0n) is 17.2. The van der Waals surface area contributed by atoms with E-state index in [0.717, 1.165) is 26.8 Å². The maximum atomic E-state index is 13.3. The fourth-order valence-corrected chi connectivity index (χ4v) is 4.76. The number of nitrogens with one attached hydrogen (secondary N) is 2. The number of halogens is 1. The normalized spacial score (nSPS) is 11.2. The number of carbonyl (C=O) groups is 2. The van der Waals surface area contributed by atoms with Gasteiger partial charge in [-0.2, -0.15) is 5.10 Å². The van der Waals surface area contributed by atoms with Crippen LogP contribution >= 0.6 is 11.3 Å². The largest absolute Gasteiger partial charge is 0.350 e. The highest BCUT2D eigenvalue weighted by Gasteiger charge is 2.19. The monoisotopic (exact) mass is 447 g/mol. The van der Waals surface area contributed by atoms with Gasteiger partial charge in [-0.25, -0.2) is 9.07 Å². The first-order valence-corrected chi connectivity index (χ1v) is 10.6. The molecule has 0 bridgehead atoms. The summed E-state index contributed by atoms with van der Waals surface area (Å²) >= 11 is 1.25. The Morgan fingerprint density at radius 3 is 2.50 bits per heavy atom. The summed E-state index contributed by atoms with van der Waals surface area (Å²) in [5.41, 5.74) is 7.83. The van der Waals surface area contributed by atoms with E-state index < -0.39 is 11.8 Å². The van der Waals surface area contributed by atoms with E-state index in [4.69, 9.17) is 0 Å². The van der Waals surface area contributed by atoms with Gasteiger partial charge in [-0.15, -0.1) is 11.3 Å². The molecule has 0 aliphatic heterocycles. The van der Waals surface area contributed by atoms with E-state index >= 15 is 0 Å². The number of fused-ring (bicyclic) bond motifs is 2. The Bertz CT molecular complexity index is 1500. The van der Waals surface area contributed by atoms with E-state index in [1.54, 1.807) is 29.1 Å². The molecule has 2 amide bonds. The van der Waals surface area contributed by atoms with Crippen molar-refractivity contribution in [3.8, 4) is 5.69 Å². The second-order valence-corrected chi connectivity index (χ2v) is 8.41. The summed E-state index contributed by atoms with van der Waals surface area (Å²) in [6.07, 6.45) is 1.73. The van der Waals surface area contributed by atoms with E-state index in [1.807, 2.05) is 42.8 Å². The Morgan fingerprint density at radius 2 is 1.72 bits per heavy atom. The van der Waals surface area contributed by atoms with Gasteiger partial charge in [0.05, 0.1) is 21.8 Å². The fraction of sp³-hybridized carbons (Fsp3) is 0.0870. The predicted octanol–water partition coefficient (Wildman–Crippen LogP) is 4.10. The number of aromatic nitrogens is 3. The van der Waals surface area contributed by atoms with Crippen LogP contribution in [0.15, 0.2) is 60.8 Å². The van der Waals surface area contributed by atoms with Crippen molar-refractivity contribution >= 4 is 44.3 Å². The van der Waals surface area contributed by atoms with Crippen LogP contribution < -0.4 is 10.9 Å². The molecular weight excluding hydrogens is 429 g/mol. The third kappa shape index (κ3) is 3.32. The van der Waals surface area contributed by atoms with Crippen LogP contribution in [0.3, 0.4) is 0 Å². The van der Waals surface area contributed by atoms with E-state index in [-0.39, 0.29) is 5.82 Å². The number of hydrogen-bond donors (Lipinski definition) is 2. The Labute approximate surface area is 186 Å². The summed E-state index contributed by atoms with van der Waals surface area (Å²) < 4.78 is 16.8. The number of rotatable bonds is 3. The quantitative estimate of drug-likeness (QED) is 0.409. The number of para-hydroxylation sites is 1. The first-order chi connectivity index (χ1) is 15.4. The van der Waals surface area contributed by atoms with Gasteiger partial charge in [0.1, 0.15) is 10.6 Å². The maximum absolute atomic E-state index is 13.3. The van der Waals surface area contributed by atoms with Crippen molar-refractivity contribution in [1.82, 2.24) is 25.2 Å². The van der Waals surface area contributed by atoms with Crippen molar-refractivity contribution in [2.24, 2.45) is 7.05 Å². The number of hydrogen-bond acceptors (Lipinski definition) is 4. The minimum absolute atomic E-state index is 0.331. The van der Waals surface area contributed by atoms with Crippen molar-refractivity contribution in [2.45, 2.75) is 6.92 Å². The molecule has 0 saturated heterocycles. The van der Waals surface area contributed by atoms with Gasteiger partial charge in [-0.05, 0) is 43.3 Å². The van der Waals surface area contributed by atoms with Gasteiger partial charge >= 0.3 is 0 Å². The number of nitrogens with zero attached hydrogens (tertiary/aromatic N) is 3. The highest BCUT2D eigenvalue weighted by atomic mass is 32.1. The van der Waals surface area contributed by atoms with Gasteiger partial charge in [0.15, 0.2) is 0 Å². The molecule has 0 aliphatic rings. The standard InChI is InChI=1S/C23H18FN5O2S/c1-13-17-11-20(32-23(17)29(27-13)15-9-7-14(24)8-10-15)22(31)26-25-21(30)18-12-28(2)19-6-4-3-5-16(18)19/h3-12H,1-2H3,(H,25,30)(H,26,31). The molecule has 9 heteroatoms. The van der Waals surface area contributed by atoms with E-state index in [1.165, 1.54) is 23.5 Å². The smallest absolute Gasteiger partial charge is 0.279 e. The zero-order valence-corrected chi connectivity index (χ0v) is 18.0. The van der Waals surface area contributed by atoms with E-state index in [2.05, 4.69) is 16.0 Å². The summed E-state index contributed by atoms with van der Waals surface area (Å²) in [6.45, 7) is 1.85. The molecule has 3 aromatic heterocycles. The number of amides is 2. The lowest BCUT2D eigenvalue weighted by atomic mass is 10.2.